The van der Waals surface area contributed by atoms with E-state index in [9.17, 15) is 20.4 Å². The number of likely N-dealkylation sites (tertiary alicyclic amines) is 2. The van der Waals surface area contributed by atoms with Crippen molar-refractivity contribution in [2.24, 2.45) is 18.9 Å². The number of aromatic nitrogens is 1. The van der Waals surface area contributed by atoms with Crippen LogP contribution in [0.25, 0.3) is 0 Å². The third kappa shape index (κ3) is 2.87. The van der Waals surface area contributed by atoms with Crippen LogP contribution in [0, 0.1) is 11.8 Å². The van der Waals surface area contributed by atoms with Gasteiger partial charge in [-0.05, 0) is 111 Å². The molecule has 10 aliphatic rings. The Kier molecular flexibility index (Phi) is 4.83. The van der Waals surface area contributed by atoms with Crippen molar-refractivity contribution in [3.8, 4) is 23.0 Å². The van der Waals surface area contributed by atoms with Gasteiger partial charge in [-0.15, -0.1) is 0 Å². The van der Waals surface area contributed by atoms with Crippen LogP contribution in [-0.2, 0) is 43.6 Å². The van der Waals surface area contributed by atoms with Gasteiger partial charge in [0.25, 0.3) is 0 Å². The Balaban J connectivity index is 1.05. The molecule has 0 amide bonds. The second kappa shape index (κ2) is 8.52. The lowest BCUT2D eigenvalue weighted by molar-refractivity contribution is -0.176. The molecule has 4 N–H and O–H groups in total. The molecule has 0 radical (unpaired) electrons. The fourth-order valence-corrected chi connectivity index (χ4v) is 13.8. The minimum absolute atomic E-state index is 0.0532. The van der Waals surface area contributed by atoms with Gasteiger partial charge in [0.05, 0.1) is 33.4 Å². The molecular formula is C41H45N3O6. The van der Waals surface area contributed by atoms with Gasteiger partial charge in [0.2, 0.25) is 0 Å². The standard InChI is InChI=1S/C41H45N3O6/c1-42-32-24(16-40(47)28-14-22-6-8-26(45)34-30(22)38(40,36(32)49-34)10-12-43(28)18-20-2-3-20)25-17-41(48)29-15-23-7-9-27(46)35-31(23)39(41,37(50-35)33(25)42)11-13-44(29)19-21-4-5-21/h6-9,20-21,28-29,36-37,45-48H,2-5,10-19H2,1H3/t28-,29?,36+,37+,38+,39+,40-,41-/m1/s1. The highest BCUT2D eigenvalue weighted by Crippen LogP contribution is 2.73. The number of ether oxygens (including phenoxy) is 2. The van der Waals surface area contributed by atoms with E-state index in [0.29, 0.717) is 36.2 Å². The van der Waals surface area contributed by atoms with Gasteiger partial charge in [0.1, 0.15) is 0 Å². The molecule has 4 bridgehead atoms. The number of aliphatic hydroxyl groups is 2. The summed E-state index contributed by atoms with van der Waals surface area (Å²) in [4.78, 5) is 5.16. The molecule has 1 aromatic heterocycles. The van der Waals surface area contributed by atoms with E-state index in [1.54, 1.807) is 12.1 Å². The van der Waals surface area contributed by atoms with Gasteiger partial charge in [0, 0.05) is 56.2 Å². The maximum absolute atomic E-state index is 13.6. The average molecular weight is 676 g/mol. The average Bonchev–Trinajstić information content (AvgIpc) is 4.00. The van der Waals surface area contributed by atoms with Crippen molar-refractivity contribution in [3.05, 3.63) is 69.0 Å². The predicted molar refractivity (Wildman–Crippen MR) is 182 cm³/mol. The number of phenols is 2. The van der Waals surface area contributed by atoms with Crippen molar-refractivity contribution < 1.29 is 29.9 Å². The number of hydrogen-bond donors (Lipinski definition) is 4. The lowest BCUT2D eigenvalue weighted by atomic mass is 9.47. The predicted octanol–water partition coefficient (Wildman–Crippen LogP) is 3.83. The van der Waals surface area contributed by atoms with E-state index in [1.165, 1.54) is 36.8 Å². The molecule has 4 fully saturated rings. The molecule has 9 heteroatoms. The van der Waals surface area contributed by atoms with Gasteiger partial charge in [-0.1, -0.05) is 12.1 Å². The molecular weight excluding hydrogens is 630 g/mol. The van der Waals surface area contributed by atoms with E-state index in [0.717, 1.165) is 85.5 Å². The Morgan fingerprint density at radius 1 is 0.680 bits per heavy atom. The second-order valence-electron chi connectivity index (χ2n) is 18.1. The van der Waals surface area contributed by atoms with Crippen molar-refractivity contribution in [2.45, 2.75) is 111 Å². The highest BCUT2D eigenvalue weighted by molar-refractivity contribution is 5.69. The molecule has 2 saturated carbocycles. The maximum atomic E-state index is 13.6. The molecule has 2 spiro atoms. The molecule has 13 rings (SSSR count). The highest BCUT2D eigenvalue weighted by atomic mass is 16.5. The zero-order valence-electron chi connectivity index (χ0n) is 28.6. The third-order valence-electron chi connectivity index (χ3n) is 16.1. The van der Waals surface area contributed by atoms with Crippen molar-refractivity contribution >= 4 is 0 Å². The first kappa shape index (κ1) is 28.4. The Labute approximate surface area is 291 Å². The van der Waals surface area contributed by atoms with Gasteiger partial charge in [-0.2, -0.15) is 0 Å². The third-order valence-corrected chi connectivity index (χ3v) is 16.1. The summed E-state index contributed by atoms with van der Waals surface area (Å²) in [5, 5.41) is 49.8. The summed E-state index contributed by atoms with van der Waals surface area (Å²) in [7, 11) is 2.13. The fraction of sp³-hybridized carbons (Fsp3) is 0.610. The van der Waals surface area contributed by atoms with Crippen LogP contribution in [0.5, 0.6) is 23.0 Å². The highest BCUT2D eigenvalue weighted by Gasteiger charge is 2.76. The number of benzene rings is 2. The molecule has 9 nitrogen and oxygen atoms in total. The summed E-state index contributed by atoms with van der Waals surface area (Å²) in [6.07, 6.45) is 8.13. The summed E-state index contributed by atoms with van der Waals surface area (Å²) in [6.45, 7) is 3.86. The van der Waals surface area contributed by atoms with Gasteiger partial charge < -0.3 is 34.5 Å². The monoisotopic (exact) mass is 675 g/mol. The second-order valence-corrected chi connectivity index (χ2v) is 18.1. The summed E-state index contributed by atoms with van der Waals surface area (Å²) in [6, 6.07) is 7.60. The molecule has 4 aliphatic heterocycles. The molecule has 50 heavy (non-hydrogen) atoms. The zero-order valence-corrected chi connectivity index (χ0v) is 28.6. The van der Waals surface area contributed by atoms with Crippen molar-refractivity contribution in [1.29, 1.82) is 0 Å². The van der Waals surface area contributed by atoms with Gasteiger partial charge in [-0.25, -0.2) is 0 Å². The molecule has 2 aromatic carbocycles. The van der Waals surface area contributed by atoms with Gasteiger partial charge >= 0.3 is 0 Å². The number of piperidine rings is 2. The maximum Gasteiger partial charge on any atom is 0.166 e. The van der Waals surface area contributed by atoms with E-state index in [-0.39, 0.29) is 23.6 Å². The quantitative estimate of drug-likeness (QED) is 0.331. The molecule has 6 aliphatic carbocycles. The topological polar surface area (TPSA) is 111 Å². The lowest BCUT2D eigenvalue weighted by Crippen LogP contribution is -2.75. The fourth-order valence-electron chi connectivity index (χ4n) is 13.8. The summed E-state index contributed by atoms with van der Waals surface area (Å²) >= 11 is 0. The lowest BCUT2D eigenvalue weighted by Gasteiger charge is -2.63. The van der Waals surface area contributed by atoms with Crippen LogP contribution >= 0.6 is 0 Å². The van der Waals surface area contributed by atoms with Gasteiger partial charge in [-0.3, -0.25) is 9.80 Å². The van der Waals surface area contributed by atoms with E-state index >= 15 is 0 Å². The molecule has 1 unspecified atom stereocenters. The number of nitrogens with zero attached hydrogens (tertiary/aromatic N) is 3. The van der Waals surface area contributed by atoms with E-state index in [4.69, 9.17) is 9.47 Å². The van der Waals surface area contributed by atoms with E-state index in [1.807, 2.05) is 0 Å². The van der Waals surface area contributed by atoms with Crippen LogP contribution in [-0.4, -0.2) is 84.3 Å². The van der Waals surface area contributed by atoms with Crippen LogP contribution in [0.2, 0.25) is 0 Å². The summed E-state index contributed by atoms with van der Waals surface area (Å²) in [5.74, 6) is 2.81. The Hall–Kier alpha value is -3.24. The van der Waals surface area contributed by atoms with Gasteiger partial charge in [0.15, 0.2) is 35.2 Å². The molecule has 2 saturated heterocycles. The first-order valence-corrected chi connectivity index (χ1v) is 19.3. The summed E-state index contributed by atoms with van der Waals surface area (Å²) in [5.41, 5.74) is 5.21. The van der Waals surface area contributed by atoms with Crippen LogP contribution in [0.1, 0.15) is 95.5 Å². The van der Waals surface area contributed by atoms with Crippen LogP contribution in [0.4, 0.5) is 0 Å². The van der Waals surface area contributed by atoms with Crippen molar-refractivity contribution in [1.82, 2.24) is 14.4 Å². The van der Waals surface area contributed by atoms with Crippen LogP contribution in [0.15, 0.2) is 24.3 Å². The molecule has 3 aromatic rings. The molecule has 5 heterocycles. The molecule has 260 valence electrons. The number of aromatic hydroxyl groups is 2. The Bertz CT molecular complexity index is 1960. The first-order valence-electron chi connectivity index (χ1n) is 19.3. The Morgan fingerprint density at radius 2 is 1.12 bits per heavy atom. The number of fused-ring (bicyclic) bond motifs is 5. The van der Waals surface area contributed by atoms with Crippen molar-refractivity contribution in [3.63, 3.8) is 0 Å². The Morgan fingerprint density at radius 3 is 1.54 bits per heavy atom. The minimum Gasteiger partial charge on any atom is -0.504 e. The van der Waals surface area contributed by atoms with E-state index < -0.39 is 34.2 Å². The smallest absolute Gasteiger partial charge is 0.166 e. The van der Waals surface area contributed by atoms with Crippen LogP contribution in [0.3, 0.4) is 0 Å². The van der Waals surface area contributed by atoms with Crippen LogP contribution < -0.4 is 9.47 Å². The zero-order chi connectivity index (χ0) is 33.3. The van der Waals surface area contributed by atoms with Crippen molar-refractivity contribution in [2.75, 3.05) is 26.2 Å². The number of hydrogen-bond acceptors (Lipinski definition) is 8. The SMILES string of the molecule is Cn1c2c(c3c1[C@@H]1Oc4c(O)ccc5c4[C@@]14CCN(CC1CC1)[C@H](C5)[C@]4(O)C3)C[C@@]1(O)C3Cc4ccc(O)c5c4[C@@]1(CCN3CC1CC1)[C@H]2O5. The molecule has 8 atom stereocenters. The normalized spacial score (nSPS) is 40.8. The van der Waals surface area contributed by atoms with E-state index in [2.05, 4.69) is 33.5 Å². The minimum atomic E-state index is -1.10. The number of rotatable bonds is 4. The first-order chi connectivity index (χ1) is 24.2. The largest absolute Gasteiger partial charge is 0.504 e. The number of phenolic OH excluding ortho intramolecular Hbond substituents is 2. The summed E-state index contributed by atoms with van der Waals surface area (Å²) < 4.78 is 16.3.